The van der Waals surface area contributed by atoms with Crippen molar-refractivity contribution in [2.24, 2.45) is 5.73 Å². The topological polar surface area (TPSA) is 54.7 Å². The first kappa shape index (κ1) is 12.7. The number of H-pyrrole nitrogens is 1. The first-order valence-corrected chi connectivity index (χ1v) is 5.10. The standard InChI is InChI=1S/C12H15N3.ClH/c1-9(13)7-11-8-14-12(15-11)10-5-3-2-4-6-10;/h2-6,8-9H,7,13H2,1H3,(H,14,15);1H. The van der Waals surface area contributed by atoms with Gasteiger partial charge in [0.15, 0.2) is 0 Å². The molecule has 1 unspecified atom stereocenters. The largest absolute Gasteiger partial charge is 0.342 e. The molecule has 0 radical (unpaired) electrons. The van der Waals surface area contributed by atoms with Crippen molar-refractivity contribution in [2.75, 3.05) is 0 Å². The summed E-state index contributed by atoms with van der Waals surface area (Å²) in [5.74, 6) is 0.909. The van der Waals surface area contributed by atoms with Crippen molar-refractivity contribution in [3.8, 4) is 11.4 Å². The smallest absolute Gasteiger partial charge is 0.137 e. The zero-order valence-corrected chi connectivity index (χ0v) is 10.00. The highest BCUT2D eigenvalue weighted by Crippen LogP contribution is 2.14. The Morgan fingerprint density at radius 3 is 2.62 bits per heavy atom. The van der Waals surface area contributed by atoms with Gasteiger partial charge in [-0.15, -0.1) is 12.4 Å². The van der Waals surface area contributed by atoms with E-state index in [9.17, 15) is 0 Å². The molecule has 4 heteroatoms. The average Bonchev–Trinajstić information content (AvgIpc) is 2.67. The Hall–Kier alpha value is -1.32. The molecule has 0 spiro atoms. The lowest BCUT2D eigenvalue weighted by Gasteiger charge is -2.00. The van der Waals surface area contributed by atoms with Gasteiger partial charge in [0, 0.05) is 29.9 Å². The van der Waals surface area contributed by atoms with Crippen LogP contribution >= 0.6 is 12.4 Å². The number of rotatable bonds is 3. The van der Waals surface area contributed by atoms with Crippen LogP contribution in [0.2, 0.25) is 0 Å². The Bertz CT molecular complexity index is 423. The molecule has 0 aliphatic heterocycles. The van der Waals surface area contributed by atoms with Crippen LogP contribution in [0.5, 0.6) is 0 Å². The van der Waals surface area contributed by atoms with E-state index in [1.54, 1.807) is 0 Å². The molecule has 16 heavy (non-hydrogen) atoms. The Balaban J connectivity index is 0.00000128. The maximum atomic E-state index is 5.72. The average molecular weight is 238 g/mol. The van der Waals surface area contributed by atoms with Gasteiger partial charge in [0.1, 0.15) is 5.82 Å². The number of nitrogens with two attached hydrogens (primary N) is 1. The lowest BCUT2D eigenvalue weighted by atomic mass is 10.2. The van der Waals surface area contributed by atoms with Crippen LogP contribution in [0.1, 0.15) is 12.6 Å². The number of imidazole rings is 1. The van der Waals surface area contributed by atoms with Crippen LogP contribution in [0.25, 0.3) is 11.4 Å². The number of halogens is 1. The number of benzene rings is 1. The van der Waals surface area contributed by atoms with Crippen LogP contribution < -0.4 is 5.73 Å². The SMILES string of the molecule is CC(N)Cc1cnc(-c2ccccc2)[nH]1.Cl. The minimum absolute atomic E-state index is 0. The van der Waals surface area contributed by atoms with Gasteiger partial charge in [-0.3, -0.25) is 0 Å². The molecule has 1 heterocycles. The highest BCUT2D eigenvalue weighted by Gasteiger charge is 2.04. The first-order chi connectivity index (χ1) is 7.25. The van der Waals surface area contributed by atoms with E-state index in [0.29, 0.717) is 0 Å². The summed E-state index contributed by atoms with van der Waals surface area (Å²) in [7, 11) is 0. The van der Waals surface area contributed by atoms with E-state index in [0.717, 1.165) is 23.5 Å². The van der Waals surface area contributed by atoms with Gasteiger partial charge in [0.2, 0.25) is 0 Å². The molecular formula is C12H16ClN3. The molecule has 0 amide bonds. The summed E-state index contributed by atoms with van der Waals surface area (Å²) in [5.41, 5.74) is 7.92. The normalized spacial score (nSPS) is 11.9. The van der Waals surface area contributed by atoms with Gasteiger partial charge in [0.25, 0.3) is 0 Å². The number of hydrogen-bond acceptors (Lipinski definition) is 2. The third-order valence-electron chi connectivity index (χ3n) is 2.22. The third kappa shape index (κ3) is 3.08. The van der Waals surface area contributed by atoms with Crippen molar-refractivity contribution >= 4 is 12.4 Å². The summed E-state index contributed by atoms with van der Waals surface area (Å²) >= 11 is 0. The van der Waals surface area contributed by atoms with Crippen molar-refractivity contribution < 1.29 is 0 Å². The van der Waals surface area contributed by atoms with E-state index in [2.05, 4.69) is 9.97 Å². The quantitative estimate of drug-likeness (QED) is 0.861. The Labute approximate surface area is 102 Å². The number of aromatic nitrogens is 2. The second kappa shape index (κ2) is 5.68. The Kier molecular flexibility index (Phi) is 4.52. The van der Waals surface area contributed by atoms with E-state index in [1.165, 1.54) is 0 Å². The lowest BCUT2D eigenvalue weighted by Crippen LogP contribution is -2.17. The van der Waals surface area contributed by atoms with E-state index in [-0.39, 0.29) is 18.4 Å². The fraction of sp³-hybridized carbons (Fsp3) is 0.250. The summed E-state index contributed by atoms with van der Waals surface area (Å²) in [6.45, 7) is 1.99. The molecule has 0 saturated heterocycles. The molecule has 2 rings (SSSR count). The van der Waals surface area contributed by atoms with Gasteiger partial charge in [-0.05, 0) is 6.92 Å². The molecule has 1 atom stereocenters. The van der Waals surface area contributed by atoms with Gasteiger partial charge in [0.05, 0.1) is 0 Å². The maximum Gasteiger partial charge on any atom is 0.137 e. The minimum Gasteiger partial charge on any atom is -0.342 e. The molecule has 1 aromatic heterocycles. The molecule has 0 aliphatic carbocycles. The number of hydrogen-bond donors (Lipinski definition) is 2. The first-order valence-electron chi connectivity index (χ1n) is 5.10. The lowest BCUT2D eigenvalue weighted by molar-refractivity contribution is 0.726. The summed E-state index contributed by atoms with van der Waals surface area (Å²) in [5, 5.41) is 0. The van der Waals surface area contributed by atoms with Crippen molar-refractivity contribution in [1.29, 1.82) is 0 Å². The minimum atomic E-state index is 0. The molecule has 0 fully saturated rings. The Morgan fingerprint density at radius 1 is 1.31 bits per heavy atom. The third-order valence-corrected chi connectivity index (χ3v) is 2.22. The molecule has 3 N–H and O–H groups in total. The summed E-state index contributed by atoms with van der Waals surface area (Å²) < 4.78 is 0. The molecular weight excluding hydrogens is 222 g/mol. The zero-order chi connectivity index (χ0) is 10.7. The summed E-state index contributed by atoms with van der Waals surface area (Å²) in [6.07, 6.45) is 2.69. The predicted molar refractivity (Wildman–Crippen MR) is 68.6 cm³/mol. The molecule has 0 aliphatic rings. The second-order valence-corrected chi connectivity index (χ2v) is 3.80. The highest BCUT2D eigenvalue weighted by molar-refractivity contribution is 5.85. The number of nitrogens with one attached hydrogen (secondary N) is 1. The van der Waals surface area contributed by atoms with E-state index >= 15 is 0 Å². The summed E-state index contributed by atoms with van der Waals surface area (Å²) in [6, 6.07) is 10.2. The van der Waals surface area contributed by atoms with Gasteiger partial charge in [-0.1, -0.05) is 30.3 Å². The highest BCUT2D eigenvalue weighted by atomic mass is 35.5. The summed E-state index contributed by atoms with van der Waals surface area (Å²) in [4.78, 5) is 7.60. The van der Waals surface area contributed by atoms with Crippen LogP contribution in [-0.4, -0.2) is 16.0 Å². The van der Waals surface area contributed by atoms with Gasteiger partial charge in [-0.25, -0.2) is 4.98 Å². The number of nitrogens with zero attached hydrogens (tertiary/aromatic N) is 1. The molecule has 3 nitrogen and oxygen atoms in total. The Morgan fingerprint density at radius 2 is 2.00 bits per heavy atom. The van der Waals surface area contributed by atoms with Crippen molar-refractivity contribution in [3.63, 3.8) is 0 Å². The van der Waals surface area contributed by atoms with Gasteiger partial charge in [-0.2, -0.15) is 0 Å². The van der Waals surface area contributed by atoms with Crippen molar-refractivity contribution in [1.82, 2.24) is 9.97 Å². The maximum absolute atomic E-state index is 5.72. The van der Waals surface area contributed by atoms with Crippen molar-refractivity contribution in [2.45, 2.75) is 19.4 Å². The fourth-order valence-electron chi connectivity index (χ4n) is 1.55. The van der Waals surface area contributed by atoms with E-state index < -0.39 is 0 Å². The molecule has 1 aromatic carbocycles. The molecule has 86 valence electrons. The van der Waals surface area contributed by atoms with E-state index in [4.69, 9.17) is 5.73 Å². The molecule has 2 aromatic rings. The molecule has 0 saturated carbocycles. The van der Waals surface area contributed by atoms with Gasteiger partial charge >= 0.3 is 0 Å². The van der Waals surface area contributed by atoms with Crippen LogP contribution in [0.4, 0.5) is 0 Å². The van der Waals surface area contributed by atoms with Gasteiger partial charge < -0.3 is 10.7 Å². The monoisotopic (exact) mass is 237 g/mol. The number of aromatic amines is 1. The van der Waals surface area contributed by atoms with Crippen LogP contribution in [0.3, 0.4) is 0 Å². The van der Waals surface area contributed by atoms with E-state index in [1.807, 2.05) is 43.5 Å². The van der Waals surface area contributed by atoms with Crippen molar-refractivity contribution in [3.05, 3.63) is 42.2 Å². The fourth-order valence-corrected chi connectivity index (χ4v) is 1.55. The zero-order valence-electron chi connectivity index (χ0n) is 9.18. The van der Waals surface area contributed by atoms with Crippen LogP contribution in [0, 0.1) is 0 Å². The van der Waals surface area contributed by atoms with Crippen LogP contribution in [-0.2, 0) is 6.42 Å². The van der Waals surface area contributed by atoms with Crippen LogP contribution in [0.15, 0.2) is 36.5 Å². The predicted octanol–water partition coefficient (Wildman–Crippen LogP) is 2.39. The second-order valence-electron chi connectivity index (χ2n) is 3.80. The molecule has 0 bridgehead atoms.